The Kier molecular flexibility index (Phi) is 6.69. The molecule has 0 radical (unpaired) electrons. The van der Waals surface area contributed by atoms with Gasteiger partial charge in [-0.2, -0.15) is 0 Å². The molecule has 1 saturated heterocycles. The van der Waals surface area contributed by atoms with E-state index in [0.29, 0.717) is 30.9 Å². The summed E-state index contributed by atoms with van der Waals surface area (Å²) in [6, 6.07) is 16.4. The second-order valence-corrected chi connectivity index (χ2v) is 8.32. The molecule has 2 amide bonds. The summed E-state index contributed by atoms with van der Waals surface area (Å²) in [5, 5.41) is 6.59. The van der Waals surface area contributed by atoms with Crippen molar-refractivity contribution in [2.75, 3.05) is 6.54 Å². The Balaban J connectivity index is 1.36. The van der Waals surface area contributed by atoms with Crippen molar-refractivity contribution in [1.82, 2.24) is 20.4 Å². The summed E-state index contributed by atoms with van der Waals surface area (Å²) in [5.41, 5.74) is 8.50. The maximum Gasteiger partial charge on any atom is 0.439 e. The number of nitrogens with zero attached hydrogens (tertiary/aromatic N) is 2. The first kappa shape index (κ1) is 22.5. The number of primary amides is 1. The van der Waals surface area contributed by atoms with Crippen molar-refractivity contribution in [2.24, 2.45) is 5.73 Å². The third-order valence-corrected chi connectivity index (χ3v) is 6.25. The van der Waals surface area contributed by atoms with E-state index in [4.69, 9.17) is 5.73 Å². The smallest absolute Gasteiger partial charge is 0.368 e. The van der Waals surface area contributed by atoms with Crippen LogP contribution in [0.25, 0.3) is 11.4 Å². The first-order valence-corrected chi connectivity index (χ1v) is 11.0. The number of hydrogen-bond donors (Lipinski definition) is 3. The Labute approximate surface area is 191 Å². The molecule has 0 aliphatic carbocycles. The lowest BCUT2D eigenvalue weighted by Gasteiger charge is -2.40. The Morgan fingerprint density at radius 1 is 1.21 bits per heavy atom. The minimum absolute atomic E-state index is 0.163. The number of aromatic nitrogens is 2. The van der Waals surface area contributed by atoms with Gasteiger partial charge < -0.3 is 11.1 Å². The molecule has 1 aromatic heterocycles. The fourth-order valence-corrected chi connectivity index (χ4v) is 4.38. The van der Waals surface area contributed by atoms with E-state index >= 15 is 0 Å². The van der Waals surface area contributed by atoms with Crippen molar-refractivity contribution in [3.05, 3.63) is 76.3 Å². The van der Waals surface area contributed by atoms with E-state index in [1.54, 1.807) is 19.1 Å². The van der Waals surface area contributed by atoms with Gasteiger partial charge in [0.05, 0.1) is 12.1 Å². The molecular weight excluding hydrogens is 422 g/mol. The van der Waals surface area contributed by atoms with E-state index in [1.165, 1.54) is 5.56 Å². The van der Waals surface area contributed by atoms with Crippen molar-refractivity contribution in [3.63, 3.8) is 0 Å². The minimum Gasteiger partial charge on any atom is -0.368 e. The van der Waals surface area contributed by atoms with Crippen molar-refractivity contribution in [3.8, 4) is 11.4 Å². The van der Waals surface area contributed by atoms with E-state index in [-0.39, 0.29) is 11.8 Å². The van der Waals surface area contributed by atoms with Crippen LogP contribution in [0.5, 0.6) is 0 Å². The molecule has 3 aromatic rings. The Hall–Kier alpha value is -3.72. The van der Waals surface area contributed by atoms with Gasteiger partial charge in [0.1, 0.15) is 0 Å². The van der Waals surface area contributed by atoms with Crippen LogP contribution in [-0.2, 0) is 16.1 Å². The summed E-state index contributed by atoms with van der Waals surface area (Å²) in [5.74, 6) is -0.590. The number of H-pyrrole nitrogens is 1. The zero-order valence-corrected chi connectivity index (χ0v) is 18.4. The highest BCUT2D eigenvalue weighted by molar-refractivity contribution is 5.84. The lowest BCUT2D eigenvalue weighted by atomic mass is 9.84. The number of carbonyl (C=O) groups is 2. The third-order valence-electron chi connectivity index (χ3n) is 6.25. The third kappa shape index (κ3) is 5.20. The normalized spacial score (nSPS) is 19.7. The molecular formula is C24H27N5O4. The zero-order valence-electron chi connectivity index (χ0n) is 18.4. The fourth-order valence-electron chi connectivity index (χ4n) is 4.38. The van der Waals surface area contributed by atoms with Crippen LogP contribution in [0.3, 0.4) is 0 Å². The zero-order chi connectivity index (χ0) is 23.4. The standard InChI is InChI=1S/C24H27N5O4/c1-15(29-12-11-19(13-20(29)21(25)30)17-5-3-2-4-6-17)23(31)26-14-16-7-9-18(10-8-16)22-27-24(32)33-28-22/h2-10,15,19-20H,11-14H2,1H3,(H2,25,30)(H,26,31)(H,27,28,32)/t15-,19?,20?/m0/s1. The first-order valence-electron chi connectivity index (χ1n) is 11.0. The molecule has 4 N–H and O–H groups in total. The summed E-state index contributed by atoms with van der Waals surface area (Å²) in [6.45, 7) is 2.75. The second kappa shape index (κ2) is 9.83. The van der Waals surface area contributed by atoms with E-state index in [9.17, 15) is 14.4 Å². The van der Waals surface area contributed by atoms with Crippen LogP contribution in [0.4, 0.5) is 0 Å². The predicted octanol–water partition coefficient (Wildman–Crippen LogP) is 1.77. The maximum atomic E-state index is 12.9. The fraction of sp³-hybridized carbons (Fsp3) is 0.333. The highest BCUT2D eigenvalue weighted by Gasteiger charge is 2.37. The lowest BCUT2D eigenvalue weighted by molar-refractivity contribution is -0.132. The number of rotatable bonds is 7. The van der Waals surface area contributed by atoms with Gasteiger partial charge in [0.2, 0.25) is 11.8 Å². The Morgan fingerprint density at radius 3 is 2.58 bits per heavy atom. The monoisotopic (exact) mass is 449 g/mol. The number of benzene rings is 2. The second-order valence-electron chi connectivity index (χ2n) is 8.32. The number of likely N-dealkylation sites (tertiary alicyclic amines) is 1. The SMILES string of the molecule is C[C@@H](C(=O)NCc1ccc(-c2noc(=O)[nH]2)cc1)N1CCC(c2ccccc2)CC1C(N)=O. The predicted molar refractivity (Wildman–Crippen MR) is 122 cm³/mol. The van der Waals surface area contributed by atoms with Crippen LogP contribution in [0, 0.1) is 0 Å². The van der Waals surface area contributed by atoms with Crippen molar-refractivity contribution >= 4 is 11.8 Å². The van der Waals surface area contributed by atoms with Gasteiger partial charge in [-0.25, -0.2) is 4.79 Å². The van der Waals surface area contributed by atoms with Gasteiger partial charge in [0, 0.05) is 18.7 Å². The largest absolute Gasteiger partial charge is 0.439 e. The molecule has 0 spiro atoms. The lowest BCUT2D eigenvalue weighted by Crippen LogP contribution is -2.56. The van der Waals surface area contributed by atoms with E-state index in [1.807, 2.05) is 35.2 Å². The molecule has 0 bridgehead atoms. The molecule has 3 atom stereocenters. The maximum absolute atomic E-state index is 12.9. The van der Waals surface area contributed by atoms with E-state index in [2.05, 4.69) is 32.1 Å². The summed E-state index contributed by atoms with van der Waals surface area (Å²) >= 11 is 0. The Morgan fingerprint density at radius 2 is 1.94 bits per heavy atom. The average Bonchev–Trinajstić information content (AvgIpc) is 3.28. The quantitative estimate of drug-likeness (QED) is 0.503. The van der Waals surface area contributed by atoms with Gasteiger partial charge in [0.25, 0.3) is 0 Å². The summed E-state index contributed by atoms with van der Waals surface area (Å²) in [6.07, 6.45) is 1.46. The van der Waals surface area contributed by atoms with Gasteiger partial charge in [-0.15, -0.1) is 0 Å². The molecule has 1 aliphatic heterocycles. The van der Waals surface area contributed by atoms with Crippen LogP contribution < -0.4 is 16.8 Å². The van der Waals surface area contributed by atoms with Gasteiger partial charge in [-0.3, -0.25) is 24.0 Å². The van der Waals surface area contributed by atoms with Gasteiger partial charge in [-0.1, -0.05) is 59.8 Å². The molecule has 172 valence electrons. The number of amides is 2. The van der Waals surface area contributed by atoms with E-state index in [0.717, 1.165) is 12.0 Å². The molecule has 4 rings (SSSR count). The topological polar surface area (TPSA) is 134 Å². The Bertz CT molecular complexity index is 1160. The number of nitrogens with one attached hydrogen (secondary N) is 2. The number of nitrogens with two attached hydrogens (primary N) is 1. The summed E-state index contributed by atoms with van der Waals surface area (Å²) in [4.78, 5) is 40.6. The molecule has 2 unspecified atom stereocenters. The molecule has 33 heavy (non-hydrogen) atoms. The number of piperidine rings is 1. The average molecular weight is 450 g/mol. The molecule has 2 heterocycles. The number of carbonyl (C=O) groups excluding carboxylic acids is 2. The molecule has 9 nitrogen and oxygen atoms in total. The van der Waals surface area contributed by atoms with Gasteiger partial charge >= 0.3 is 5.76 Å². The first-order chi connectivity index (χ1) is 15.9. The summed E-state index contributed by atoms with van der Waals surface area (Å²) < 4.78 is 4.51. The molecule has 1 fully saturated rings. The number of hydrogen-bond acceptors (Lipinski definition) is 6. The molecule has 0 saturated carbocycles. The highest BCUT2D eigenvalue weighted by Crippen LogP contribution is 2.32. The molecule has 9 heteroatoms. The van der Waals surface area contributed by atoms with Crippen LogP contribution in [0.15, 0.2) is 63.9 Å². The highest BCUT2D eigenvalue weighted by atomic mass is 16.5. The van der Waals surface area contributed by atoms with Crippen LogP contribution in [-0.4, -0.2) is 45.5 Å². The van der Waals surface area contributed by atoms with Crippen molar-refractivity contribution < 1.29 is 14.1 Å². The molecule has 2 aromatic carbocycles. The number of aromatic amines is 1. The van der Waals surface area contributed by atoms with Gasteiger partial charge in [-0.05, 0) is 36.8 Å². The van der Waals surface area contributed by atoms with Crippen molar-refractivity contribution in [2.45, 2.75) is 44.3 Å². The van der Waals surface area contributed by atoms with Crippen LogP contribution in [0.1, 0.15) is 36.8 Å². The van der Waals surface area contributed by atoms with E-state index < -0.39 is 23.7 Å². The van der Waals surface area contributed by atoms with Gasteiger partial charge in [0.15, 0.2) is 5.82 Å². The molecule has 1 aliphatic rings. The van der Waals surface area contributed by atoms with Crippen LogP contribution >= 0.6 is 0 Å². The van der Waals surface area contributed by atoms with Crippen LogP contribution in [0.2, 0.25) is 0 Å². The minimum atomic E-state index is -0.614. The summed E-state index contributed by atoms with van der Waals surface area (Å²) in [7, 11) is 0. The van der Waals surface area contributed by atoms with Crippen molar-refractivity contribution in [1.29, 1.82) is 0 Å².